The van der Waals surface area contributed by atoms with Crippen LogP contribution in [-0.2, 0) is 19.4 Å². The van der Waals surface area contributed by atoms with Crippen LogP contribution >= 0.6 is 0 Å². The van der Waals surface area contributed by atoms with Crippen molar-refractivity contribution in [2.24, 2.45) is 0 Å². The minimum Gasteiger partial charge on any atom is -0.496 e. The summed E-state index contributed by atoms with van der Waals surface area (Å²) in [6, 6.07) is 7.42. The lowest BCUT2D eigenvalue weighted by molar-refractivity contribution is -0.137. The molecule has 0 aliphatic rings. The summed E-state index contributed by atoms with van der Waals surface area (Å²) in [4.78, 5) is 12.3. The molecule has 0 radical (unpaired) electrons. The summed E-state index contributed by atoms with van der Waals surface area (Å²) in [5, 5.41) is 18.7. The summed E-state index contributed by atoms with van der Waals surface area (Å²) in [5.41, 5.74) is 0.320. The fourth-order valence-electron chi connectivity index (χ4n) is 2.43. The third kappa shape index (κ3) is 4.50. The lowest BCUT2D eigenvalue weighted by Gasteiger charge is -2.12. The number of methoxy groups -OCH3 is 1. The monoisotopic (exact) mass is 366 g/mol. The van der Waals surface area contributed by atoms with E-state index in [1.54, 1.807) is 0 Å². The molecular formula is C19H17F3O4. The third-order valence-corrected chi connectivity index (χ3v) is 3.78. The maximum Gasteiger partial charge on any atom is 0.416 e. The van der Waals surface area contributed by atoms with Crippen LogP contribution in [0.4, 0.5) is 13.2 Å². The lowest BCUT2D eigenvalue weighted by Crippen LogP contribution is -2.05. The number of hydrogen-bond acceptors (Lipinski definition) is 4. The highest BCUT2D eigenvalue weighted by atomic mass is 19.4. The molecule has 2 aromatic carbocycles. The van der Waals surface area contributed by atoms with Crippen molar-refractivity contribution in [3.63, 3.8) is 0 Å². The molecule has 2 rings (SSSR count). The van der Waals surface area contributed by atoms with Crippen molar-refractivity contribution in [3.05, 3.63) is 70.3 Å². The van der Waals surface area contributed by atoms with Crippen molar-refractivity contribution >= 4 is 11.9 Å². The Morgan fingerprint density at radius 2 is 1.88 bits per heavy atom. The average molecular weight is 366 g/mol. The van der Waals surface area contributed by atoms with Crippen LogP contribution in [0.3, 0.4) is 0 Å². The Hall–Kier alpha value is -2.64. The Labute approximate surface area is 148 Å². The fraction of sp³-hybridized carbons (Fsp3) is 0.211. The van der Waals surface area contributed by atoms with E-state index in [0.29, 0.717) is 11.1 Å². The van der Waals surface area contributed by atoms with Crippen LogP contribution in [0.25, 0.3) is 6.08 Å². The normalized spacial score (nSPS) is 11.8. The first-order valence-electron chi connectivity index (χ1n) is 7.61. The third-order valence-electron chi connectivity index (χ3n) is 3.78. The predicted molar refractivity (Wildman–Crippen MR) is 89.6 cm³/mol. The van der Waals surface area contributed by atoms with E-state index in [2.05, 4.69) is 0 Å². The minimum absolute atomic E-state index is 0.186. The number of aliphatic hydroxyl groups excluding tert-OH is 2. The van der Waals surface area contributed by atoms with Gasteiger partial charge < -0.3 is 14.9 Å². The van der Waals surface area contributed by atoms with E-state index >= 15 is 0 Å². The lowest BCUT2D eigenvalue weighted by atomic mass is 10.00. The maximum atomic E-state index is 12.7. The first kappa shape index (κ1) is 19.7. The standard InChI is InChI=1S/C19H17F3O4/c1-26-18-9-13(8-14(10-23)16(18)11-24)17(25)6-5-12-3-2-4-15(7-12)19(20,21)22/h2-9,23-24H,10-11H2,1H3. The molecule has 0 saturated carbocycles. The summed E-state index contributed by atoms with van der Waals surface area (Å²) < 4.78 is 43.3. The number of aliphatic hydroxyl groups is 2. The quantitative estimate of drug-likeness (QED) is 0.606. The highest BCUT2D eigenvalue weighted by Gasteiger charge is 2.30. The van der Waals surface area contributed by atoms with E-state index in [1.165, 1.54) is 37.5 Å². The van der Waals surface area contributed by atoms with Crippen LogP contribution in [0.5, 0.6) is 5.75 Å². The van der Waals surface area contributed by atoms with Gasteiger partial charge in [0.2, 0.25) is 0 Å². The molecule has 2 N–H and O–H groups in total. The van der Waals surface area contributed by atoms with Gasteiger partial charge in [-0.3, -0.25) is 4.79 Å². The van der Waals surface area contributed by atoms with E-state index in [-0.39, 0.29) is 23.5 Å². The second-order valence-electron chi connectivity index (χ2n) is 5.45. The van der Waals surface area contributed by atoms with Gasteiger partial charge in [-0.25, -0.2) is 0 Å². The van der Waals surface area contributed by atoms with Gasteiger partial charge in [-0.05, 0) is 41.5 Å². The minimum atomic E-state index is -4.46. The zero-order valence-corrected chi connectivity index (χ0v) is 13.9. The van der Waals surface area contributed by atoms with Gasteiger partial charge in [0.15, 0.2) is 5.78 Å². The zero-order valence-electron chi connectivity index (χ0n) is 13.9. The number of carbonyl (C=O) groups excluding carboxylic acids is 1. The van der Waals surface area contributed by atoms with Crippen LogP contribution in [0.1, 0.15) is 32.6 Å². The van der Waals surface area contributed by atoms with Gasteiger partial charge in [0.1, 0.15) is 5.75 Å². The molecule has 0 heterocycles. The molecule has 0 saturated heterocycles. The van der Waals surface area contributed by atoms with Crippen LogP contribution in [0.15, 0.2) is 42.5 Å². The van der Waals surface area contributed by atoms with Gasteiger partial charge in [0, 0.05) is 11.1 Å². The van der Waals surface area contributed by atoms with Gasteiger partial charge in [0.25, 0.3) is 0 Å². The van der Waals surface area contributed by atoms with Crippen LogP contribution in [0, 0.1) is 0 Å². The Morgan fingerprint density at radius 1 is 1.15 bits per heavy atom. The van der Waals surface area contributed by atoms with Crippen molar-refractivity contribution in [1.29, 1.82) is 0 Å². The molecule has 0 atom stereocenters. The van der Waals surface area contributed by atoms with Crippen molar-refractivity contribution < 1.29 is 32.9 Å². The largest absolute Gasteiger partial charge is 0.496 e. The fourth-order valence-corrected chi connectivity index (χ4v) is 2.43. The number of allylic oxidation sites excluding steroid dienone is 1. The topological polar surface area (TPSA) is 66.8 Å². The number of hydrogen-bond donors (Lipinski definition) is 2. The summed E-state index contributed by atoms with van der Waals surface area (Å²) in [7, 11) is 1.36. The van der Waals surface area contributed by atoms with E-state index in [1.807, 2.05) is 0 Å². The van der Waals surface area contributed by atoms with Crippen molar-refractivity contribution in [3.8, 4) is 5.75 Å². The van der Waals surface area contributed by atoms with Crippen molar-refractivity contribution in [1.82, 2.24) is 0 Å². The van der Waals surface area contributed by atoms with Crippen LogP contribution < -0.4 is 4.74 Å². The molecular weight excluding hydrogens is 349 g/mol. The van der Waals surface area contributed by atoms with Crippen LogP contribution in [-0.4, -0.2) is 23.1 Å². The Morgan fingerprint density at radius 3 is 2.46 bits per heavy atom. The molecule has 0 fully saturated rings. The number of halogens is 3. The molecule has 0 aliphatic heterocycles. The van der Waals surface area contributed by atoms with E-state index in [4.69, 9.17) is 4.74 Å². The van der Waals surface area contributed by atoms with Crippen LogP contribution in [0.2, 0.25) is 0 Å². The second-order valence-corrected chi connectivity index (χ2v) is 5.45. The van der Waals surface area contributed by atoms with Gasteiger partial charge in [-0.1, -0.05) is 18.2 Å². The molecule has 0 amide bonds. The van der Waals surface area contributed by atoms with E-state index in [0.717, 1.165) is 18.2 Å². The number of rotatable bonds is 6. The number of carbonyl (C=O) groups is 1. The maximum absolute atomic E-state index is 12.7. The summed E-state index contributed by atoms with van der Waals surface area (Å²) in [6.07, 6.45) is -2.04. The summed E-state index contributed by atoms with van der Waals surface area (Å²) in [5.74, 6) is -0.227. The highest BCUT2D eigenvalue weighted by molar-refractivity contribution is 6.07. The summed E-state index contributed by atoms with van der Waals surface area (Å²) in [6.45, 7) is -0.766. The second kappa shape index (κ2) is 8.16. The van der Waals surface area contributed by atoms with Crippen molar-refractivity contribution in [2.45, 2.75) is 19.4 Å². The number of ketones is 1. The molecule has 26 heavy (non-hydrogen) atoms. The van der Waals surface area contributed by atoms with Crippen molar-refractivity contribution in [2.75, 3.05) is 7.11 Å². The molecule has 0 spiro atoms. The predicted octanol–water partition coefficient (Wildman–Crippen LogP) is 3.59. The van der Waals surface area contributed by atoms with Gasteiger partial charge in [0.05, 0.1) is 25.9 Å². The highest BCUT2D eigenvalue weighted by Crippen LogP contribution is 2.30. The number of benzene rings is 2. The number of ether oxygens (including phenoxy) is 1. The SMILES string of the molecule is COc1cc(C(=O)C=Cc2cccc(C(F)(F)F)c2)cc(CO)c1CO. The molecule has 7 heteroatoms. The molecule has 4 nitrogen and oxygen atoms in total. The Bertz CT molecular complexity index is 801. The first-order valence-corrected chi connectivity index (χ1v) is 7.61. The first-order chi connectivity index (χ1) is 12.3. The average Bonchev–Trinajstić information content (AvgIpc) is 2.64. The zero-order chi connectivity index (χ0) is 19.3. The molecule has 2 aromatic rings. The molecule has 0 aromatic heterocycles. The van der Waals surface area contributed by atoms with Gasteiger partial charge in [-0.2, -0.15) is 13.2 Å². The smallest absolute Gasteiger partial charge is 0.416 e. The van der Waals surface area contributed by atoms with E-state index in [9.17, 15) is 28.2 Å². The molecule has 138 valence electrons. The molecule has 0 aliphatic carbocycles. The Kier molecular flexibility index (Phi) is 6.18. The molecule has 0 bridgehead atoms. The summed E-state index contributed by atoms with van der Waals surface area (Å²) >= 11 is 0. The Balaban J connectivity index is 2.31. The van der Waals surface area contributed by atoms with Gasteiger partial charge in [-0.15, -0.1) is 0 Å². The van der Waals surface area contributed by atoms with E-state index < -0.39 is 24.1 Å². The molecule has 0 unspecified atom stereocenters. The number of alkyl halides is 3. The van der Waals surface area contributed by atoms with Gasteiger partial charge >= 0.3 is 6.18 Å².